The summed E-state index contributed by atoms with van der Waals surface area (Å²) in [5.41, 5.74) is 0. The van der Waals surface area contributed by atoms with Crippen LogP contribution in [0.2, 0.25) is 0 Å². The van der Waals surface area contributed by atoms with Crippen LogP contribution in [0.1, 0.15) is 45.4 Å². The molecule has 0 radical (unpaired) electrons. The summed E-state index contributed by atoms with van der Waals surface area (Å²) in [5.74, 6) is -0.862. The Morgan fingerprint density at radius 1 is 0.750 bits per heavy atom. The molecule has 0 spiro atoms. The third-order valence-corrected chi connectivity index (χ3v) is 16.6. The van der Waals surface area contributed by atoms with Crippen LogP contribution in [0.15, 0.2) is 91.0 Å². The molecule has 3 aromatic rings. The molecule has 1 N–H and O–H groups in total. The molecule has 0 heterocycles. The molecular weight excluding hydrogens is 479 g/mol. The number of aliphatic carboxylic acids is 1. The minimum atomic E-state index is -2.83. The first-order valence-corrected chi connectivity index (χ1v) is 16.1. The van der Waals surface area contributed by atoms with Crippen molar-refractivity contribution in [3.8, 4) is 0 Å². The first-order chi connectivity index (χ1) is 15.5. The predicted molar refractivity (Wildman–Crippen MR) is 143 cm³/mol. The Kier molecular flexibility index (Phi) is 8.68. The summed E-state index contributed by atoms with van der Waals surface area (Å²) < 4.78 is 0. The van der Waals surface area contributed by atoms with Crippen LogP contribution in [0.4, 0.5) is 0 Å². The van der Waals surface area contributed by atoms with E-state index in [2.05, 4.69) is 106 Å². The van der Waals surface area contributed by atoms with Crippen LogP contribution in [0.5, 0.6) is 0 Å². The van der Waals surface area contributed by atoms with Crippen molar-refractivity contribution in [3.63, 3.8) is 0 Å². The number of carboxylic acid groups (broad SMARTS) is 1. The Morgan fingerprint density at radius 3 is 1.53 bits per heavy atom. The normalized spacial score (nSPS) is 13.8. The standard InChI is InChI=1S/C28H34BrO2P/c1-2-24(28(30)31)16-8-3-4-15-23-32(29,25-17-9-5-10-18-25,26-19-11-6-12-20-26)27-21-13-7-14-22-27/h5-7,9-14,17-22,24H,2-4,8,15-16,23H2,1H3,(H,30,31). The molecule has 0 amide bonds. The van der Waals surface area contributed by atoms with Crippen molar-refractivity contribution in [2.24, 2.45) is 5.92 Å². The van der Waals surface area contributed by atoms with E-state index in [9.17, 15) is 9.90 Å². The summed E-state index contributed by atoms with van der Waals surface area (Å²) in [7, 11) is 0. The fourth-order valence-corrected chi connectivity index (χ4v) is 12.5. The van der Waals surface area contributed by atoms with Gasteiger partial charge in [0, 0.05) is 0 Å². The van der Waals surface area contributed by atoms with Gasteiger partial charge in [0.1, 0.15) is 0 Å². The zero-order valence-electron chi connectivity index (χ0n) is 18.9. The summed E-state index contributed by atoms with van der Waals surface area (Å²) >= 11 is 4.49. The number of hydrogen-bond donors (Lipinski definition) is 1. The number of halogens is 1. The van der Waals surface area contributed by atoms with E-state index in [0.29, 0.717) is 6.42 Å². The van der Waals surface area contributed by atoms with E-state index < -0.39 is 11.3 Å². The van der Waals surface area contributed by atoms with E-state index in [4.69, 9.17) is 0 Å². The Bertz CT molecular complexity index is 877. The van der Waals surface area contributed by atoms with Gasteiger partial charge >= 0.3 is 201 Å². The molecular formula is C28H34BrO2P. The molecule has 4 heteroatoms. The molecule has 1 atom stereocenters. The van der Waals surface area contributed by atoms with Crippen LogP contribution < -0.4 is 15.9 Å². The fraction of sp³-hybridized carbons (Fsp3) is 0.321. The summed E-state index contributed by atoms with van der Waals surface area (Å²) in [6.07, 6.45) is 6.77. The van der Waals surface area contributed by atoms with Crippen molar-refractivity contribution in [2.75, 3.05) is 6.16 Å². The Hall–Kier alpha value is -1.96. The Labute approximate surface area is 200 Å². The average Bonchev–Trinajstić information content (AvgIpc) is 2.85. The van der Waals surface area contributed by atoms with Gasteiger partial charge in [0.25, 0.3) is 0 Å². The van der Waals surface area contributed by atoms with Gasteiger partial charge in [0.15, 0.2) is 0 Å². The third kappa shape index (κ3) is 5.16. The van der Waals surface area contributed by atoms with Gasteiger partial charge in [0.2, 0.25) is 0 Å². The van der Waals surface area contributed by atoms with Gasteiger partial charge in [-0.1, -0.05) is 0 Å². The van der Waals surface area contributed by atoms with Crippen molar-refractivity contribution in [1.29, 1.82) is 0 Å². The number of carboxylic acids is 1. The van der Waals surface area contributed by atoms with Crippen molar-refractivity contribution in [1.82, 2.24) is 0 Å². The van der Waals surface area contributed by atoms with Crippen LogP contribution in [0.3, 0.4) is 0 Å². The number of rotatable bonds is 12. The van der Waals surface area contributed by atoms with E-state index in [1.165, 1.54) is 15.9 Å². The topological polar surface area (TPSA) is 37.3 Å². The number of unbranched alkanes of at least 4 members (excludes halogenated alkanes) is 3. The molecule has 32 heavy (non-hydrogen) atoms. The summed E-state index contributed by atoms with van der Waals surface area (Å²) in [5, 5.41) is 10.5. The average molecular weight is 513 g/mol. The monoisotopic (exact) mass is 512 g/mol. The maximum absolute atomic E-state index is 11.3. The fourth-order valence-electron chi connectivity index (χ4n) is 4.71. The molecule has 170 valence electrons. The molecule has 1 unspecified atom stereocenters. The van der Waals surface area contributed by atoms with E-state index in [0.717, 1.165) is 38.3 Å². The first-order valence-electron chi connectivity index (χ1n) is 11.6. The van der Waals surface area contributed by atoms with Gasteiger partial charge in [-0.05, 0) is 0 Å². The minimum absolute atomic E-state index is 0.205. The van der Waals surface area contributed by atoms with Crippen molar-refractivity contribution < 1.29 is 9.90 Å². The molecule has 0 bridgehead atoms. The number of hydrogen-bond acceptors (Lipinski definition) is 1. The summed E-state index contributed by atoms with van der Waals surface area (Å²) in [6.45, 7) is 1.96. The Balaban J connectivity index is 1.89. The van der Waals surface area contributed by atoms with E-state index in [1.807, 2.05) is 6.92 Å². The molecule has 0 aliphatic rings. The molecule has 0 saturated carbocycles. The summed E-state index contributed by atoms with van der Waals surface area (Å²) in [6, 6.07) is 32.7. The number of benzene rings is 3. The second-order valence-electron chi connectivity index (χ2n) is 8.56. The molecule has 0 saturated heterocycles. The van der Waals surface area contributed by atoms with Gasteiger partial charge in [-0.15, -0.1) is 0 Å². The molecule has 3 aromatic carbocycles. The third-order valence-electron chi connectivity index (χ3n) is 6.61. The van der Waals surface area contributed by atoms with E-state index in [1.54, 1.807) is 0 Å². The van der Waals surface area contributed by atoms with Crippen molar-refractivity contribution >= 4 is 42.7 Å². The van der Waals surface area contributed by atoms with Crippen molar-refractivity contribution in [3.05, 3.63) is 91.0 Å². The van der Waals surface area contributed by atoms with Crippen LogP contribution in [0, 0.1) is 5.92 Å². The zero-order chi connectivity index (χ0) is 22.9. The first kappa shape index (κ1) is 24.7. The predicted octanol–water partition coefficient (Wildman–Crippen LogP) is 6.89. The van der Waals surface area contributed by atoms with E-state index in [-0.39, 0.29) is 5.92 Å². The van der Waals surface area contributed by atoms with Crippen LogP contribution >= 0.6 is 20.8 Å². The van der Waals surface area contributed by atoms with Gasteiger partial charge in [0.05, 0.1) is 0 Å². The van der Waals surface area contributed by atoms with Crippen LogP contribution in [-0.4, -0.2) is 17.2 Å². The van der Waals surface area contributed by atoms with Crippen LogP contribution in [0.25, 0.3) is 0 Å². The van der Waals surface area contributed by atoms with Gasteiger partial charge < -0.3 is 0 Å². The molecule has 0 fully saturated rings. The maximum atomic E-state index is 11.3. The van der Waals surface area contributed by atoms with Crippen molar-refractivity contribution in [2.45, 2.75) is 45.4 Å². The SMILES string of the molecule is CCC(CCCCCCP(Br)(c1ccccc1)(c1ccccc1)c1ccccc1)C(=O)O. The molecule has 0 aliphatic carbocycles. The molecule has 3 rings (SSSR count). The van der Waals surface area contributed by atoms with E-state index >= 15 is 0 Å². The molecule has 2 nitrogen and oxygen atoms in total. The second kappa shape index (κ2) is 11.3. The molecule has 0 aromatic heterocycles. The Morgan fingerprint density at radius 2 is 1.16 bits per heavy atom. The summed E-state index contributed by atoms with van der Waals surface area (Å²) in [4.78, 5) is 11.3. The van der Waals surface area contributed by atoms with Gasteiger partial charge in [-0.2, -0.15) is 0 Å². The van der Waals surface area contributed by atoms with Crippen LogP contribution in [-0.2, 0) is 4.79 Å². The van der Waals surface area contributed by atoms with Gasteiger partial charge in [-0.3, -0.25) is 0 Å². The molecule has 0 aliphatic heterocycles. The zero-order valence-corrected chi connectivity index (χ0v) is 21.3. The quantitative estimate of drug-likeness (QED) is 0.212. The second-order valence-corrected chi connectivity index (χ2v) is 17.6. The number of carbonyl (C=O) groups is 1. The van der Waals surface area contributed by atoms with Gasteiger partial charge in [-0.25, -0.2) is 0 Å².